The largest absolute Gasteiger partial charge is 0.478 e. The molecule has 0 aliphatic carbocycles. The molecule has 0 saturated carbocycles. The van der Waals surface area contributed by atoms with Gasteiger partial charge in [-0.1, -0.05) is 26.0 Å². The normalized spacial score (nSPS) is 12.8. The monoisotopic (exact) mass is 446 g/mol. The number of anilines is 1. The molecule has 6 nitrogen and oxygen atoms in total. The van der Waals surface area contributed by atoms with Crippen molar-refractivity contribution in [2.75, 3.05) is 5.32 Å². The summed E-state index contributed by atoms with van der Waals surface area (Å²) in [6.45, 7) is 7.86. The SMILES string of the molecule is Cc1cc(C(CC(C)C)Nc2ccc(C(=O)O)cn2)cc(C)c1-n1cc(C(F)(F)F)cn1. The molecule has 2 heterocycles. The Bertz CT molecular complexity index is 1080. The summed E-state index contributed by atoms with van der Waals surface area (Å²) >= 11 is 0. The third-order valence-electron chi connectivity index (χ3n) is 5.09. The predicted molar refractivity (Wildman–Crippen MR) is 115 cm³/mol. The minimum atomic E-state index is -4.45. The second-order valence-electron chi connectivity index (χ2n) is 8.24. The molecule has 0 bridgehead atoms. The average molecular weight is 446 g/mol. The summed E-state index contributed by atoms with van der Waals surface area (Å²) in [6, 6.07) is 6.85. The molecule has 1 atom stereocenters. The van der Waals surface area contributed by atoms with Crippen LogP contribution in [-0.4, -0.2) is 25.8 Å². The number of aromatic nitrogens is 3. The number of benzene rings is 1. The van der Waals surface area contributed by atoms with Crippen LogP contribution in [0, 0.1) is 19.8 Å². The molecule has 3 rings (SSSR count). The van der Waals surface area contributed by atoms with Gasteiger partial charge in [0.15, 0.2) is 0 Å². The van der Waals surface area contributed by atoms with E-state index in [-0.39, 0.29) is 11.6 Å². The fraction of sp³-hybridized carbons (Fsp3) is 0.348. The summed E-state index contributed by atoms with van der Waals surface area (Å²) in [5.41, 5.74) is 2.46. The van der Waals surface area contributed by atoms with E-state index < -0.39 is 17.7 Å². The van der Waals surface area contributed by atoms with Gasteiger partial charge in [0.1, 0.15) is 5.82 Å². The van der Waals surface area contributed by atoms with Crippen LogP contribution in [0.3, 0.4) is 0 Å². The lowest BCUT2D eigenvalue weighted by molar-refractivity contribution is -0.137. The quantitative estimate of drug-likeness (QED) is 0.479. The minimum absolute atomic E-state index is 0.101. The van der Waals surface area contributed by atoms with Gasteiger partial charge in [-0.25, -0.2) is 14.5 Å². The zero-order valence-electron chi connectivity index (χ0n) is 18.2. The fourth-order valence-electron chi connectivity index (χ4n) is 3.68. The Hall–Kier alpha value is -3.36. The second-order valence-corrected chi connectivity index (χ2v) is 8.24. The number of hydrogen-bond donors (Lipinski definition) is 2. The molecule has 1 unspecified atom stereocenters. The zero-order chi connectivity index (χ0) is 23.6. The van der Waals surface area contributed by atoms with Gasteiger partial charge < -0.3 is 10.4 Å². The summed E-state index contributed by atoms with van der Waals surface area (Å²) in [6.07, 6.45) is -0.558. The number of carboxylic acid groups (broad SMARTS) is 1. The maximum absolute atomic E-state index is 13.0. The van der Waals surface area contributed by atoms with E-state index >= 15 is 0 Å². The van der Waals surface area contributed by atoms with E-state index in [2.05, 4.69) is 29.2 Å². The van der Waals surface area contributed by atoms with Gasteiger partial charge in [-0.05, 0) is 55.0 Å². The lowest BCUT2D eigenvalue weighted by Gasteiger charge is -2.24. The van der Waals surface area contributed by atoms with Crippen LogP contribution in [-0.2, 0) is 6.18 Å². The number of aromatic carboxylic acids is 1. The molecular weight excluding hydrogens is 421 g/mol. The van der Waals surface area contributed by atoms with Crippen LogP contribution in [0.4, 0.5) is 19.0 Å². The van der Waals surface area contributed by atoms with Crippen molar-refractivity contribution in [3.05, 3.63) is 70.7 Å². The molecule has 0 saturated heterocycles. The van der Waals surface area contributed by atoms with Crippen molar-refractivity contribution in [2.45, 2.75) is 46.3 Å². The molecule has 0 radical (unpaired) electrons. The lowest BCUT2D eigenvalue weighted by Crippen LogP contribution is -2.15. The van der Waals surface area contributed by atoms with Crippen LogP contribution in [0.25, 0.3) is 5.69 Å². The molecule has 0 amide bonds. The number of hydrogen-bond acceptors (Lipinski definition) is 4. The van der Waals surface area contributed by atoms with Gasteiger partial charge >= 0.3 is 12.1 Å². The van der Waals surface area contributed by atoms with Crippen molar-refractivity contribution in [1.29, 1.82) is 0 Å². The van der Waals surface area contributed by atoms with Gasteiger partial charge in [-0.3, -0.25) is 0 Å². The highest BCUT2D eigenvalue weighted by Gasteiger charge is 2.32. The van der Waals surface area contributed by atoms with E-state index in [4.69, 9.17) is 5.11 Å². The Morgan fingerprint density at radius 3 is 2.28 bits per heavy atom. The maximum Gasteiger partial charge on any atom is 0.419 e. The van der Waals surface area contributed by atoms with Gasteiger partial charge in [-0.15, -0.1) is 0 Å². The van der Waals surface area contributed by atoms with Gasteiger partial charge in [-0.2, -0.15) is 18.3 Å². The van der Waals surface area contributed by atoms with E-state index in [1.165, 1.54) is 16.9 Å². The molecule has 9 heteroatoms. The number of alkyl halides is 3. The Kier molecular flexibility index (Phi) is 6.57. The third kappa shape index (κ3) is 5.27. The van der Waals surface area contributed by atoms with Crippen LogP contribution in [0.15, 0.2) is 42.9 Å². The van der Waals surface area contributed by atoms with Crippen LogP contribution < -0.4 is 5.32 Å². The van der Waals surface area contributed by atoms with Gasteiger partial charge in [0.05, 0.1) is 29.1 Å². The zero-order valence-corrected chi connectivity index (χ0v) is 18.2. The number of nitrogens with zero attached hydrogens (tertiary/aromatic N) is 3. The van der Waals surface area contributed by atoms with Gasteiger partial charge in [0.2, 0.25) is 0 Å². The van der Waals surface area contributed by atoms with Crippen molar-refractivity contribution >= 4 is 11.8 Å². The molecule has 2 aromatic heterocycles. The number of rotatable bonds is 7. The second kappa shape index (κ2) is 9.02. The van der Waals surface area contributed by atoms with Gasteiger partial charge in [0.25, 0.3) is 0 Å². The highest BCUT2D eigenvalue weighted by Crippen LogP contribution is 2.32. The molecule has 0 spiro atoms. The summed E-state index contributed by atoms with van der Waals surface area (Å²) < 4.78 is 40.2. The number of halogens is 3. The molecule has 1 aromatic carbocycles. The van der Waals surface area contributed by atoms with Crippen LogP contribution in [0.2, 0.25) is 0 Å². The van der Waals surface area contributed by atoms with Gasteiger partial charge in [0, 0.05) is 12.4 Å². The van der Waals surface area contributed by atoms with E-state index in [0.717, 1.165) is 35.5 Å². The standard InChI is InChI=1S/C23H25F3N4O2/c1-13(2)7-19(29-20-6-5-16(10-27-20)22(31)32)17-8-14(3)21(15(4)9-17)30-12-18(11-28-30)23(24,25)26/h5-6,8-13,19H,7H2,1-4H3,(H,27,29)(H,31,32). The van der Waals surface area contributed by atoms with Crippen LogP contribution in [0.1, 0.15) is 58.9 Å². The number of carbonyl (C=O) groups is 1. The molecule has 32 heavy (non-hydrogen) atoms. The molecule has 2 N–H and O–H groups in total. The number of aryl methyl sites for hydroxylation is 2. The molecular formula is C23H25F3N4O2. The van der Waals surface area contributed by atoms with E-state index in [1.54, 1.807) is 6.07 Å². The first-order valence-electron chi connectivity index (χ1n) is 10.1. The van der Waals surface area contributed by atoms with Crippen molar-refractivity contribution in [3.63, 3.8) is 0 Å². The van der Waals surface area contributed by atoms with Crippen molar-refractivity contribution in [3.8, 4) is 5.69 Å². The molecule has 0 aliphatic rings. The Balaban J connectivity index is 1.94. The van der Waals surface area contributed by atoms with E-state index in [9.17, 15) is 18.0 Å². The molecule has 0 aliphatic heterocycles. The smallest absolute Gasteiger partial charge is 0.419 e. The highest BCUT2D eigenvalue weighted by molar-refractivity contribution is 5.87. The third-order valence-corrected chi connectivity index (χ3v) is 5.09. The van der Waals surface area contributed by atoms with E-state index in [0.29, 0.717) is 17.4 Å². The number of carboxylic acids is 1. The van der Waals surface area contributed by atoms with Crippen molar-refractivity contribution in [2.24, 2.45) is 5.92 Å². The Morgan fingerprint density at radius 1 is 1.16 bits per heavy atom. The first-order valence-corrected chi connectivity index (χ1v) is 10.1. The molecule has 0 fully saturated rings. The first kappa shape index (κ1) is 23.3. The van der Waals surface area contributed by atoms with Crippen molar-refractivity contribution < 1.29 is 23.1 Å². The minimum Gasteiger partial charge on any atom is -0.478 e. The fourth-order valence-corrected chi connectivity index (χ4v) is 3.68. The predicted octanol–water partition coefficient (Wildman–Crippen LogP) is 5.80. The Labute approximate surface area is 184 Å². The summed E-state index contributed by atoms with van der Waals surface area (Å²) in [4.78, 5) is 15.2. The lowest BCUT2D eigenvalue weighted by atomic mass is 9.93. The summed E-state index contributed by atoms with van der Waals surface area (Å²) in [5.74, 6) is -0.148. The average Bonchev–Trinajstić information content (AvgIpc) is 3.17. The van der Waals surface area contributed by atoms with Crippen molar-refractivity contribution in [1.82, 2.24) is 14.8 Å². The number of nitrogens with one attached hydrogen (secondary N) is 1. The van der Waals surface area contributed by atoms with Crippen LogP contribution >= 0.6 is 0 Å². The molecule has 3 aromatic rings. The first-order chi connectivity index (χ1) is 15.0. The van der Waals surface area contributed by atoms with E-state index in [1.807, 2.05) is 26.0 Å². The maximum atomic E-state index is 13.0. The Morgan fingerprint density at radius 2 is 1.81 bits per heavy atom. The summed E-state index contributed by atoms with van der Waals surface area (Å²) in [5, 5.41) is 16.3. The topological polar surface area (TPSA) is 80.0 Å². The van der Waals surface area contributed by atoms with Crippen LogP contribution in [0.5, 0.6) is 0 Å². The number of pyridine rings is 1. The molecule has 170 valence electrons. The summed E-state index contributed by atoms with van der Waals surface area (Å²) in [7, 11) is 0. The highest BCUT2D eigenvalue weighted by atomic mass is 19.4.